The lowest BCUT2D eigenvalue weighted by Crippen LogP contribution is -2.23. The summed E-state index contributed by atoms with van der Waals surface area (Å²) in [5, 5.41) is 5.15. The lowest BCUT2D eigenvalue weighted by atomic mass is 10.1. The van der Waals surface area contributed by atoms with Gasteiger partial charge in [-0.25, -0.2) is 14.0 Å². The Labute approximate surface area is 149 Å². The van der Waals surface area contributed by atoms with Gasteiger partial charge in [-0.1, -0.05) is 12.1 Å². The summed E-state index contributed by atoms with van der Waals surface area (Å²) in [5.74, 6) is -2.34. The van der Waals surface area contributed by atoms with Gasteiger partial charge in [0.15, 0.2) is 0 Å². The van der Waals surface area contributed by atoms with E-state index in [0.29, 0.717) is 0 Å². The molecule has 0 aliphatic rings. The van der Waals surface area contributed by atoms with Gasteiger partial charge in [-0.15, -0.1) is 0 Å². The lowest BCUT2D eigenvalue weighted by molar-refractivity contribution is -0.114. The second-order valence-corrected chi connectivity index (χ2v) is 5.13. The van der Waals surface area contributed by atoms with Crippen molar-refractivity contribution in [3.8, 4) is 0 Å². The van der Waals surface area contributed by atoms with Crippen molar-refractivity contribution in [3.63, 3.8) is 0 Å². The minimum atomic E-state index is -0.682. The molecular weight excluding hydrogens is 343 g/mol. The third-order valence-corrected chi connectivity index (χ3v) is 3.43. The van der Waals surface area contributed by atoms with E-state index in [4.69, 9.17) is 0 Å². The normalized spacial score (nSPS) is 9.96. The molecule has 0 heterocycles. The van der Waals surface area contributed by atoms with Crippen LogP contribution in [-0.4, -0.2) is 38.6 Å². The number of anilines is 2. The molecule has 0 atom stereocenters. The van der Waals surface area contributed by atoms with Crippen LogP contribution in [0.5, 0.6) is 0 Å². The molecule has 26 heavy (non-hydrogen) atoms. The fraction of sp³-hybridized carbons (Fsp3) is 0.167. The van der Waals surface area contributed by atoms with Gasteiger partial charge in [-0.2, -0.15) is 0 Å². The number of hydrogen-bond acceptors (Lipinski definition) is 6. The standard InChI is InChI=1S/C18H17FN2O5/c1-25-17(23)11-7-8-12(18(24)26-2)15(9-11)21-16(22)10-20-14-6-4-3-5-13(14)19/h3-9,20H,10H2,1-2H3,(H,21,22). The fourth-order valence-electron chi connectivity index (χ4n) is 2.15. The van der Waals surface area contributed by atoms with E-state index in [-0.39, 0.29) is 29.0 Å². The molecule has 1 amide bonds. The van der Waals surface area contributed by atoms with Gasteiger partial charge in [0.05, 0.1) is 43.3 Å². The average molecular weight is 360 g/mol. The largest absolute Gasteiger partial charge is 0.465 e. The smallest absolute Gasteiger partial charge is 0.339 e. The Balaban J connectivity index is 2.17. The number of ether oxygens (including phenoxy) is 2. The van der Waals surface area contributed by atoms with E-state index in [1.807, 2.05) is 0 Å². The minimum Gasteiger partial charge on any atom is -0.465 e. The molecule has 0 aromatic heterocycles. The third-order valence-electron chi connectivity index (χ3n) is 3.43. The van der Waals surface area contributed by atoms with Gasteiger partial charge in [-0.05, 0) is 30.3 Å². The number of para-hydroxylation sites is 1. The average Bonchev–Trinajstić information content (AvgIpc) is 2.66. The number of amides is 1. The summed E-state index contributed by atoms with van der Waals surface area (Å²) in [6.45, 7) is -0.246. The number of carbonyl (C=O) groups is 3. The molecule has 2 rings (SSSR count). The van der Waals surface area contributed by atoms with Crippen molar-refractivity contribution >= 4 is 29.2 Å². The fourth-order valence-corrected chi connectivity index (χ4v) is 2.15. The number of methoxy groups -OCH3 is 2. The van der Waals surface area contributed by atoms with E-state index >= 15 is 0 Å². The summed E-state index contributed by atoms with van der Waals surface area (Å²) in [4.78, 5) is 35.6. The van der Waals surface area contributed by atoms with Gasteiger partial charge in [0.25, 0.3) is 0 Å². The monoisotopic (exact) mass is 360 g/mol. The highest BCUT2D eigenvalue weighted by Crippen LogP contribution is 2.20. The van der Waals surface area contributed by atoms with Crippen molar-refractivity contribution in [2.75, 3.05) is 31.4 Å². The minimum absolute atomic E-state index is 0.0689. The van der Waals surface area contributed by atoms with Gasteiger partial charge in [0.2, 0.25) is 5.91 Å². The highest BCUT2D eigenvalue weighted by molar-refractivity contribution is 6.04. The van der Waals surface area contributed by atoms with Crippen LogP contribution in [0.4, 0.5) is 15.8 Å². The molecule has 0 saturated carbocycles. The highest BCUT2D eigenvalue weighted by Gasteiger charge is 2.17. The SMILES string of the molecule is COC(=O)c1ccc(C(=O)OC)c(NC(=O)CNc2ccccc2F)c1. The first kappa shape index (κ1) is 18.9. The summed E-state index contributed by atoms with van der Waals surface area (Å²) in [5.41, 5.74) is 0.469. The van der Waals surface area contributed by atoms with Crippen LogP contribution in [0.1, 0.15) is 20.7 Å². The molecular formula is C18H17FN2O5. The number of nitrogens with one attached hydrogen (secondary N) is 2. The first-order valence-electron chi connectivity index (χ1n) is 7.55. The van der Waals surface area contributed by atoms with Crippen LogP contribution >= 0.6 is 0 Å². The topological polar surface area (TPSA) is 93.7 Å². The van der Waals surface area contributed by atoms with Gasteiger partial charge in [0.1, 0.15) is 5.82 Å². The zero-order valence-corrected chi connectivity index (χ0v) is 14.2. The Hall–Kier alpha value is -3.42. The van der Waals surface area contributed by atoms with Crippen LogP contribution in [0.2, 0.25) is 0 Å². The zero-order chi connectivity index (χ0) is 19.1. The number of halogens is 1. The molecule has 2 N–H and O–H groups in total. The maximum Gasteiger partial charge on any atom is 0.339 e. The molecule has 2 aromatic carbocycles. The Bertz CT molecular complexity index is 838. The molecule has 0 aliphatic carbocycles. The number of esters is 2. The Morgan fingerprint density at radius 3 is 2.31 bits per heavy atom. The van der Waals surface area contributed by atoms with Crippen molar-refractivity contribution in [3.05, 3.63) is 59.4 Å². The van der Waals surface area contributed by atoms with Crippen LogP contribution in [0, 0.1) is 5.82 Å². The summed E-state index contributed by atoms with van der Waals surface area (Å²) >= 11 is 0. The molecule has 0 radical (unpaired) electrons. The van der Waals surface area contributed by atoms with E-state index < -0.39 is 23.7 Å². The molecule has 0 unspecified atom stereocenters. The number of rotatable bonds is 6. The summed E-state index contributed by atoms with van der Waals surface area (Å²) in [7, 11) is 2.41. The van der Waals surface area contributed by atoms with Gasteiger partial charge < -0.3 is 20.1 Å². The molecule has 2 aromatic rings. The molecule has 0 spiro atoms. The summed E-state index contributed by atoms with van der Waals surface area (Å²) < 4.78 is 22.8. The Morgan fingerprint density at radius 1 is 0.962 bits per heavy atom. The van der Waals surface area contributed by atoms with Crippen LogP contribution < -0.4 is 10.6 Å². The van der Waals surface area contributed by atoms with Crippen LogP contribution in [0.3, 0.4) is 0 Å². The summed E-state index contributed by atoms with van der Waals surface area (Å²) in [6.07, 6.45) is 0. The van der Waals surface area contributed by atoms with Gasteiger partial charge >= 0.3 is 11.9 Å². The molecule has 0 aliphatic heterocycles. The second kappa shape index (κ2) is 8.61. The molecule has 0 saturated heterocycles. The van der Waals surface area contributed by atoms with Gasteiger partial charge in [-0.3, -0.25) is 4.79 Å². The first-order valence-corrected chi connectivity index (χ1v) is 7.55. The van der Waals surface area contributed by atoms with Crippen molar-refractivity contribution in [2.45, 2.75) is 0 Å². The predicted molar refractivity (Wildman–Crippen MR) is 92.6 cm³/mol. The van der Waals surface area contributed by atoms with Crippen molar-refractivity contribution in [1.82, 2.24) is 0 Å². The molecule has 136 valence electrons. The number of benzene rings is 2. The molecule has 0 fully saturated rings. The quantitative estimate of drug-likeness (QED) is 0.769. The molecule has 7 nitrogen and oxygen atoms in total. The molecule has 0 bridgehead atoms. The first-order chi connectivity index (χ1) is 12.5. The maximum atomic E-state index is 13.6. The van der Waals surface area contributed by atoms with Crippen LogP contribution in [0.15, 0.2) is 42.5 Å². The van der Waals surface area contributed by atoms with Crippen molar-refractivity contribution in [1.29, 1.82) is 0 Å². The van der Waals surface area contributed by atoms with Crippen molar-refractivity contribution in [2.24, 2.45) is 0 Å². The van der Waals surface area contributed by atoms with E-state index in [9.17, 15) is 18.8 Å². The van der Waals surface area contributed by atoms with Crippen molar-refractivity contribution < 1.29 is 28.2 Å². The van der Waals surface area contributed by atoms with E-state index in [0.717, 1.165) is 0 Å². The zero-order valence-electron chi connectivity index (χ0n) is 14.2. The molecule has 8 heteroatoms. The van der Waals surface area contributed by atoms with E-state index in [1.54, 1.807) is 6.07 Å². The maximum absolute atomic E-state index is 13.6. The third kappa shape index (κ3) is 4.56. The Kier molecular flexibility index (Phi) is 6.26. The van der Waals surface area contributed by atoms with E-state index in [1.165, 1.54) is 50.6 Å². The lowest BCUT2D eigenvalue weighted by Gasteiger charge is -2.12. The van der Waals surface area contributed by atoms with Crippen LogP contribution in [0.25, 0.3) is 0 Å². The Morgan fingerprint density at radius 2 is 1.65 bits per heavy atom. The summed E-state index contributed by atoms with van der Waals surface area (Å²) in [6, 6.07) is 9.93. The number of carbonyl (C=O) groups excluding carboxylic acids is 3. The van der Waals surface area contributed by atoms with E-state index in [2.05, 4.69) is 20.1 Å². The van der Waals surface area contributed by atoms with Gasteiger partial charge in [0, 0.05) is 0 Å². The van der Waals surface area contributed by atoms with Crippen LogP contribution in [-0.2, 0) is 14.3 Å². The number of hydrogen-bond donors (Lipinski definition) is 2. The highest BCUT2D eigenvalue weighted by atomic mass is 19.1. The predicted octanol–water partition coefficient (Wildman–Crippen LogP) is 2.45. The second-order valence-electron chi connectivity index (χ2n) is 5.13.